The van der Waals surface area contributed by atoms with E-state index >= 15 is 0 Å². The number of esters is 1. The summed E-state index contributed by atoms with van der Waals surface area (Å²) >= 11 is 0. The lowest BCUT2D eigenvalue weighted by atomic mass is 10.1. The van der Waals surface area contributed by atoms with Gasteiger partial charge in [-0.25, -0.2) is 0 Å². The first kappa shape index (κ1) is 7.10. The summed E-state index contributed by atoms with van der Waals surface area (Å²) in [6.07, 6.45) is 1.05. The summed E-state index contributed by atoms with van der Waals surface area (Å²) in [5, 5.41) is 0. The molecule has 2 rings (SSSR count). The number of piperidine rings is 1. The monoisotopic (exact) mass is 155 g/mol. The van der Waals surface area contributed by atoms with Crippen molar-refractivity contribution in [3.05, 3.63) is 0 Å². The lowest BCUT2D eigenvalue weighted by Gasteiger charge is -2.13. The fraction of sp³-hybridized carbons (Fsp3) is 0.875. The quantitative estimate of drug-likeness (QED) is 0.503. The third-order valence-corrected chi connectivity index (χ3v) is 2.91. The molecule has 0 spiro atoms. The molecule has 2 aliphatic rings. The largest absolute Gasteiger partial charge is 0.469 e. The Hall–Kier alpha value is -0.570. The summed E-state index contributed by atoms with van der Waals surface area (Å²) in [5.74, 6) is 0.576. The highest BCUT2D eigenvalue weighted by Gasteiger charge is 2.65. The molecule has 0 bridgehead atoms. The van der Waals surface area contributed by atoms with E-state index in [1.165, 1.54) is 7.11 Å². The maximum atomic E-state index is 11.3. The number of carbonyl (C=O) groups excluding carboxylic acids is 1. The zero-order chi connectivity index (χ0) is 8.06. The van der Waals surface area contributed by atoms with Gasteiger partial charge in [-0.05, 0) is 19.4 Å². The highest BCUT2D eigenvalue weighted by molar-refractivity contribution is 5.81. The first-order valence-corrected chi connectivity index (χ1v) is 3.96. The molecule has 3 heteroatoms. The maximum Gasteiger partial charge on any atom is 0.313 e. The van der Waals surface area contributed by atoms with Crippen molar-refractivity contribution in [1.82, 2.24) is 4.90 Å². The van der Waals surface area contributed by atoms with Gasteiger partial charge in [0.2, 0.25) is 0 Å². The Morgan fingerprint density at radius 1 is 1.73 bits per heavy atom. The van der Waals surface area contributed by atoms with E-state index in [0.29, 0.717) is 5.92 Å². The van der Waals surface area contributed by atoms with Crippen molar-refractivity contribution >= 4 is 5.97 Å². The van der Waals surface area contributed by atoms with Crippen molar-refractivity contribution < 1.29 is 9.53 Å². The third-order valence-electron chi connectivity index (χ3n) is 2.91. The lowest BCUT2D eigenvalue weighted by molar-refractivity contribution is -0.147. The molecule has 3 nitrogen and oxygen atoms in total. The van der Waals surface area contributed by atoms with Crippen LogP contribution >= 0.6 is 0 Å². The maximum absolute atomic E-state index is 11.3. The van der Waals surface area contributed by atoms with Gasteiger partial charge in [-0.1, -0.05) is 0 Å². The predicted molar refractivity (Wildman–Crippen MR) is 40.1 cm³/mol. The molecular weight excluding hydrogens is 142 g/mol. The van der Waals surface area contributed by atoms with Crippen molar-refractivity contribution in [1.29, 1.82) is 0 Å². The van der Waals surface area contributed by atoms with Crippen LogP contribution in [0.4, 0.5) is 0 Å². The number of ether oxygens (including phenoxy) is 1. The fourth-order valence-corrected chi connectivity index (χ4v) is 2.25. The minimum absolute atomic E-state index is 0.00755. The molecule has 0 radical (unpaired) electrons. The summed E-state index contributed by atoms with van der Waals surface area (Å²) in [6.45, 7) is 1.96. The number of hydrogen-bond donors (Lipinski definition) is 0. The zero-order valence-corrected chi connectivity index (χ0v) is 6.96. The average Bonchev–Trinajstić information content (AvgIpc) is 2.55. The second-order valence-electron chi connectivity index (χ2n) is 3.75. The Morgan fingerprint density at radius 2 is 2.45 bits per heavy atom. The van der Waals surface area contributed by atoms with E-state index in [1.807, 2.05) is 0 Å². The van der Waals surface area contributed by atoms with Crippen LogP contribution in [0.3, 0.4) is 0 Å². The molecule has 2 fully saturated rings. The average molecular weight is 155 g/mol. The predicted octanol–water partition coefficient (Wildman–Crippen LogP) is 0.111. The van der Waals surface area contributed by atoms with Crippen LogP contribution in [0.5, 0.6) is 0 Å². The van der Waals surface area contributed by atoms with Gasteiger partial charge in [0, 0.05) is 13.1 Å². The summed E-state index contributed by atoms with van der Waals surface area (Å²) in [7, 11) is 3.53. The Labute approximate surface area is 66.3 Å². The molecule has 2 unspecified atom stereocenters. The van der Waals surface area contributed by atoms with Gasteiger partial charge < -0.3 is 9.64 Å². The van der Waals surface area contributed by atoms with Crippen molar-refractivity contribution in [2.75, 3.05) is 27.2 Å². The Morgan fingerprint density at radius 3 is 2.91 bits per heavy atom. The molecule has 0 aromatic rings. The number of fused-ring (bicyclic) bond motifs is 1. The number of rotatable bonds is 1. The molecule has 1 aliphatic carbocycles. The number of hydrogen-bond acceptors (Lipinski definition) is 3. The lowest BCUT2D eigenvalue weighted by Crippen LogP contribution is -2.26. The zero-order valence-electron chi connectivity index (χ0n) is 6.96. The number of likely N-dealkylation sites (tertiary alicyclic amines) is 1. The van der Waals surface area contributed by atoms with Crippen LogP contribution in [-0.2, 0) is 9.53 Å². The van der Waals surface area contributed by atoms with E-state index in [9.17, 15) is 4.79 Å². The fourth-order valence-electron chi connectivity index (χ4n) is 2.25. The second kappa shape index (κ2) is 1.97. The van der Waals surface area contributed by atoms with Gasteiger partial charge in [0.25, 0.3) is 0 Å². The SMILES string of the molecule is COC(=O)C12CC1CN(C)C2. The number of methoxy groups -OCH3 is 1. The molecule has 62 valence electrons. The highest BCUT2D eigenvalue weighted by atomic mass is 16.5. The van der Waals surface area contributed by atoms with E-state index in [0.717, 1.165) is 19.5 Å². The topological polar surface area (TPSA) is 29.5 Å². The van der Waals surface area contributed by atoms with Gasteiger partial charge in [-0.3, -0.25) is 4.79 Å². The Bertz CT molecular complexity index is 204. The molecule has 0 amide bonds. The molecule has 11 heavy (non-hydrogen) atoms. The molecule has 0 aromatic heterocycles. The van der Waals surface area contributed by atoms with Crippen LogP contribution in [0.15, 0.2) is 0 Å². The van der Waals surface area contributed by atoms with Crippen molar-refractivity contribution in [3.63, 3.8) is 0 Å². The van der Waals surface area contributed by atoms with Gasteiger partial charge in [-0.15, -0.1) is 0 Å². The Kier molecular flexibility index (Phi) is 1.27. The van der Waals surface area contributed by atoms with Crippen molar-refractivity contribution in [2.24, 2.45) is 11.3 Å². The number of carbonyl (C=O) groups is 1. The molecule has 1 aliphatic heterocycles. The van der Waals surface area contributed by atoms with Crippen LogP contribution in [0.2, 0.25) is 0 Å². The number of nitrogens with zero attached hydrogens (tertiary/aromatic N) is 1. The third kappa shape index (κ3) is 0.805. The molecule has 1 saturated carbocycles. The molecule has 1 saturated heterocycles. The van der Waals surface area contributed by atoms with Crippen molar-refractivity contribution in [2.45, 2.75) is 6.42 Å². The van der Waals surface area contributed by atoms with Crippen LogP contribution in [0.1, 0.15) is 6.42 Å². The summed E-state index contributed by atoms with van der Waals surface area (Å²) in [4.78, 5) is 13.5. The van der Waals surface area contributed by atoms with Gasteiger partial charge in [0.1, 0.15) is 0 Å². The van der Waals surface area contributed by atoms with E-state index in [-0.39, 0.29) is 11.4 Å². The van der Waals surface area contributed by atoms with E-state index in [4.69, 9.17) is 4.74 Å². The smallest absolute Gasteiger partial charge is 0.313 e. The van der Waals surface area contributed by atoms with Crippen molar-refractivity contribution in [3.8, 4) is 0 Å². The van der Waals surface area contributed by atoms with Gasteiger partial charge in [0.15, 0.2) is 0 Å². The standard InChI is InChI=1S/C8H13NO2/c1-9-4-6-3-8(6,5-9)7(10)11-2/h6H,3-5H2,1-2H3. The van der Waals surface area contributed by atoms with Crippen LogP contribution in [-0.4, -0.2) is 38.1 Å². The molecule has 0 aromatic carbocycles. The van der Waals surface area contributed by atoms with Crippen LogP contribution in [0, 0.1) is 11.3 Å². The minimum atomic E-state index is -0.0937. The highest BCUT2D eigenvalue weighted by Crippen LogP contribution is 2.57. The van der Waals surface area contributed by atoms with E-state index in [2.05, 4.69) is 11.9 Å². The van der Waals surface area contributed by atoms with Crippen LogP contribution < -0.4 is 0 Å². The first-order chi connectivity index (χ1) is 5.19. The first-order valence-electron chi connectivity index (χ1n) is 3.96. The minimum Gasteiger partial charge on any atom is -0.469 e. The summed E-state index contributed by atoms with van der Waals surface area (Å²) in [6, 6.07) is 0. The van der Waals surface area contributed by atoms with E-state index in [1.54, 1.807) is 0 Å². The molecule has 2 atom stereocenters. The van der Waals surface area contributed by atoms with Gasteiger partial charge >= 0.3 is 5.97 Å². The normalized spacial score (nSPS) is 41.8. The summed E-state index contributed by atoms with van der Waals surface area (Å²) in [5.41, 5.74) is -0.0937. The van der Waals surface area contributed by atoms with Crippen LogP contribution in [0.25, 0.3) is 0 Å². The van der Waals surface area contributed by atoms with Gasteiger partial charge in [-0.2, -0.15) is 0 Å². The molecular formula is C8H13NO2. The second-order valence-corrected chi connectivity index (χ2v) is 3.75. The van der Waals surface area contributed by atoms with Gasteiger partial charge in [0.05, 0.1) is 12.5 Å². The summed E-state index contributed by atoms with van der Waals surface area (Å²) < 4.78 is 4.76. The molecule has 0 N–H and O–H groups in total. The Balaban J connectivity index is 2.10. The van der Waals surface area contributed by atoms with E-state index < -0.39 is 0 Å². The molecule has 1 heterocycles.